The molecule has 2 aromatic carbocycles. The Balaban J connectivity index is 0.00000225. The molecule has 0 fully saturated rings. The van der Waals surface area contributed by atoms with Crippen LogP contribution in [0.3, 0.4) is 0 Å². The van der Waals surface area contributed by atoms with Crippen molar-refractivity contribution < 1.29 is 39.1 Å². The summed E-state index contributed by atoms with van der Waals surface area (Å²) in [5.41, 5.74) is 2.34. The van der Waals surface area contributed by atoms with Crippen molar-refractivity contribution in [2.45, 2.75) is 11.4 Å². The second-order valence-electron chi connectivity index (χ2n) is 5.83. The molecule has 0 bridgehead atoms. The second kappa shape index (κ2) is 8.60. The number of nitrogens with one attached hydrogen (secondary N) is 2. The van der Waals surface area contributed by atoms with Crippen LogP contribution in [0.15, 0.2) is 58.9 Å². The van der Waals surface area contributed by atoms with E-state index in [1.165, 1.54) is 23.5 Å². The van der Waals surface area contributed by atoms with Gasteiger partial charge in [0.25, 0.3) is 5.91 Å². The predicted octanol–water partition coefficient (Wildman–Crippen LogP) is 2.91. The number of hydrogen-bond donors (Lipinski definition) is 2. The molecule has 9 heteroatoms. The van der Waals surface area contributed by atoms with Crippen molar-refractivity contribution in [2.75, 3.05) is 5.32 Å². The van der Waals surface area contributed by atoms with E-state index in [1.54, 1.807) is 36.5 Å². The Kier molecular flexibility index (Phi) is 6.39. The van der Waals surface area contributed by atoms with Gasteiger partial charge in [-0.3, -0.25) is 4.79 Å². The van der Waals surface area contributed by atoms with Crippen LogP contribution in [0.25, 0.3) is 11.6 Å². The second-order valence-corrected chi connectivity index (χ2v) is 8.52. The normalized spacial score (nSPS) is 14.4. The molecule has 3 aromatic rings. The molecule has 4 rings (SSSR count). The zero-order valence-corrected chi connectivity index (χ0v) is 19.7. The third-order valence-electron chi connectivity index (χ3n) is 4.04. The number of sulfonamides is 1. The van der Waals surface area contributed by atoms with Crippen molar-refractivity contribution in [2.24, 2.45) is 0 Å². The molecule has 28 heavy (non-hydrogen) atoms. The minimum Gasteiger partial charge on any atom is -0.321 e. The summed E-state index contributed by atoms with van der Waals surface area (Å²) in [5, 5.41) is 5.24. The van der Waals surface area contributed by atoms with Crippen molar-refractivity contribution in [3.8, 4) is 0 Å². The van der Waals surface area contributed by atoms with E-state index in [0.717, 1.165) is 5.56 Å². The summed E-state index contributed by atoms with van der Waals surface area (Å²) in [5.74, 6) is -0.275. The number of carbonyl (C=O) groups is 1. The Hall–Kier alpha value is -1.94. The first-order valence-electron chi connectivity index (χ1n) is 8.04. The van der Waals surface area contributed by atoms with E-state index in [4.69, 9.17) is 0 Å². The van der Waals surface area contributed by atoms with Gasteiger partial charge in [0.15, 0.2) is 0 Å². The minimum absolute atomic E-state index is 0. The standard InChI is InChI=1S/C19H14N3O3S2.Hf/c23-19-16(11-18-20-8-9-26-18)15-10-14(6-7-17(15)22-19)27(24,25)21-12-13-4-2-1-3-5-13;/h1-2,4-11,21H,12H2,(H,22,23);/q-1;/b16-11+;. The molecule has 1 aromatic heterocycles. The zero-order chi connectivity index (χ0) is 18.9. The molecular weight excluding hydrogens is 561 g/mol. The Morgan fingerprint density at radius 3 is 2.86 bits per heavy atom. The summed E-state index contributed by atoms with van der Waals surface area (Å²) in [4.78, 5) is 16.5. The monoisotopic (exact) mass is 576 g/mol. The largest absolute Gasteiger partial charge is 0.321 e. The van der Waals surface area contributed by atoms with Gasteiger partial charge in [-0.1, -0.05) is 0 Å². The van der Waals surface area contributed by atoms with Gasteiger partial charge in [-0.15, -0.1) is 16.9 Å². The van der Waals surface area contributed by atoms with Gasteiger partial charge in [0, 0.05) is 48.7 Å². The van der Waals surface area contributed by atoms with Crippen molar-refractivity contribution in [3.63, 3.8) is 0 Å². The molecule has 1 amide bonds. The number of benzene rings is 2. The number of carbonyl (C=O) groups excluding carboxylic acids is 1. The number of hydrogen-bond acceptors (Lipinski definition) is 5. The van der Waals surface area contributed by atoms with Gasteiger partial charge in [0.05, 0.1) is 10.5 Å². The number of thiazole rings is 1. The molecule has 0 spiro atoms. The summed E-state index contributed by atoms with van der Waals surface area (Å²) in [6.45, 7) is 0.162. The molecule has 0 saturated carbocycles. The van der Waals surface area contributed by atoms with Crippen LogP contribution in [0.2, 0.25) is 0 Å². The SMILES string of the molecule is O=C1Nc2ccc(S(=O)(=O)NCc3c[c-]ccc3)cc2/C1=C\c1nccs1.[Hf]. The van der Waals surface area contributed by atoms with Crippen LogP contribution in [0.1, 0.15) is 16.1 Å². The quantitative estimate of drug-likeness (QED) is 0.279. The Bertz CT molecular complexity index is 1130. The fourth-order valence-corrected chi connectivity index (χ4v) is 4.32. The van der Waals surface area contributed by atoms with Gasteiger partial charge in [-0.05, 0) is 30.8 Å². The molecule has 0 atom stereocenters. The fraction of sp³-hybridized carbons (Fsp3) is 0.0526. The van der Waals surface area contributed by atoms with Crippen LogP contribution in [0.4, 0.5) is 5.69 Å². The van der Waals surface area contributed by atoms with E-state index in [9.17, 15) is 13.2 Å². The third kappa shape index (κ3) is 4.38. The smallest absolute Gasteiger partial charge is 0.256 e. The average Bonchev–Trinajstić information content (AvgIpc) is 3.29. The van der Waals surface area contributed by atoms with Crippen LogP contribution >= 0.6 is 11.3 Å². The van der Waals surface area contributed by atoms with Crippen molar-refractivity contribution in [1.29, 1.82) is 0 Å². The van der Waals surface area contributed by atoms with E-state index in [1.807, 2.05) is 11.4 Å². The van der Waals surface area contributed by atoms with Crippen LogP contribution in [-0.4, -0.2) is 19.3 Å². The average molecular weight is 575 g/mol. The molecule has 6 nitrogen and oxygen atoms in total. The molecule has 2 heterocycles. The van der Waals surface area contributed by atoms with Crippen molar-refractivity contribution in [3.05, 3.63) is 76.2 Å². The summed E-state index contributed by atoms with van der Waals surface area (Å²) < 4.78 is 27.9. The van der Waals surface area contributed by atoms with Crippen LogP contribution in [0, 0.1) is 6.07 Å². The van der Waals surface area contributed by atoms with Crippen molar-refractivity contribution in [1.82, 2.24) is 9.71 Å². The molecule has 1 aliphatic heterocycles. The maximum Gasteiger partial charge on any atom is 0.256 e. The molecule has 2 N–H and O–H groups in total. The third-order valence-corrected chi connectivity index (χ3v) is 6.16. The summed E-state index contributed by atoms with van der Waals surface area (Å²) in [6, 6.07) is 14.6. The predicted molar refractivity (Wildman–Crippen MR) is 104 cm³/mol. The molecule has 0 unspecified atom stereocenters. The van der Waals surface area contributed by atoms with E-state index < -0.39 is 10.0 Å². The van der Waals surface area contributed by atoms with Gasteiger partial charge >= 0.3 is 0 Å². The number of nitrogens with zero attached hydrogens (tertiary/aromatic N) is 1. The van der Waals surface area contributed by atoms with Gasteiger partial charge in [0.1, 0.15) is 5.01 Å². The fourth-order valence-electron chi connectivity index (χ4n) is 2.71. The molecule has 1 aliphatic rings. The first-order chi connectivity index (χ1) is 13.0. The maximum absolute atomic E-state index is 12.7. The van der Waals surface area contributed by atoms with Crippen molar-refractivity contribution >= 4 is 44.6 Å². The van der Waals surface area contributed by atoms with E-state index >= 15 is 0 Å². The van der Waals surface area contributed by atoms with E-state index in [2.05, 4.69) is 21.1 Å². The number of amides is 1. The summed E-state index contributed by atoms with van der Waals surface area (Å²) >= 11 is 1.40. The first-order valence-corrected chi connectivity index (χ1v) is 10.4. The van der Waals surface area contributed by atoms with E-state index in [0.29, 0.717) is 21.8 Å². The van der Waals surface area contributed by atoms with E-state index in [-0.39, 0.29) is 43.2 Å². The number of anilines is 1. The van der Waals surface area contributed by atoms with Crippen LogP contribution in [0.5, 0.6) is 0 Å². The molecule has 140 valence electrons. The molecular formula is C19H14HfN3O3S2-. The van der Waals surface area contributed by atoms with Gasteiger partial charge in [0.2, 0.25) is 10.0 Å². The van der Waals surface area contributed by atoms with Gasteiger partial charge in [-0.2, -0.15) is 30.3 Å². The summed E-state index contributed by atoms with van der Waals surface area (Å²) in [6.07, 6.45) is 3.31. The number of aromatic nitrogens is 1. The summed E-state index contributed by atoms with van der Waals surface area (Å²) in [7, 11) is -3.73. The number of fused-ring (bicyclic) bond motifs is 1. The topological polar surface area (TPSA) is 88.2 Å². The Labute approximate surface area is 185 Å². The minimum atomic E-state index is -3.73. The van der Waals surface area contributed by atoms with Gasteiger partial charge in [-0.25, -0.2) is 18.1 Å². The Morgan fingerprint density at radius 2 is 2.14 bits per heavy atom. The molecule has 0 saturated heterocycles. The molecule has 0 aliphatic carbocycles. The van der Waals surface area contributed by atoms with Crippen LogP contribution in [-0.2, 0) is 47.2 Å². The first kappa shape index (κ1) is 20.8. The number of rotatable bonds is 5. The van der Waals surface area contributed by atoms with Gasteiger partial charge < -0.3 is 5.32 Å². The maximum atomic E-state index is 12.7. The van der Waals surface area contributed by atoms with Crippen LogP contribution < -0.4 is 10.0 Å². The zero-order valence-electron chi connectivity index (χ0n) is 14.5. The Morgan fingerprint density at radius 1 is 1.29 bits per heavy atom. The molecule has 0 radical (unpaired) electrons.